The topological polar surface area (TPSA) is 146 Å². The second-order valence-corrected chi connectivity index (χ2v) is 4.19. The summed E-state index contributed by atoms with van der Waals surface area (Å²) in [5, 5.41) is 37.8. The Morgan fingerprint density at radius 1 is 1.42 bits per heavy atom. The number of nitrogens with zero attached hydrogens (tertiary/aromatic N) is 4. The minimum absolute atomic E-state index is 0.0488. The van der Waals surface area contributed by atoms with Gasteiger partial charge in [-0.15, -0.1) is 5.10 Å². The van der Waals surface area contributed by atoms with Crippen LogP contribution < -0.4 is 5.56 Å². The van der Waals surface area contributed by atoms with Gasteiger partial charge in [0.1, 0.15) is 18.3 Å². The monoisotopic (exact) mass is 269 g/mol. The number of aromatic amines is 1. The summed E-state index contributed by atoms with van der Waals surface area (Å²) < 4.78 is 6.61. The SMILES string of the molecule is O=c1[nH]nnc2c1ncn2[C@@H]1O[C@@H](CO)[C@@H](O)[C@H]1O. The van der Waals surface area contributed by atoms with E-state index in [9.17, 15) is 15.0 Å². The summed E-state index contributed by atoms with van der Waals surface area (Å²) in [7, 11) is 0. The maximum atomic E-state index is 11.4. The summed E-state index contributed by atoms with van der Waals surface area (Å²) in [6, 6.07) is 0. The lowest BCUT2D eigenvalue weighted by Crippen LogP contribution is -2.33. The molecule has 0 saturated carbocycles. The van der Waals surface area contributed by atoms with E-state index < -0.39 is 36.7 Å². The second kappa shape index (κ2) is 4.35. The number of hydrogen-bond acceptors (Lipinski definition) is 8. The molecule has 1 saturated heterocycles. The third-order valence-corrected chi connectivity index (χ3v) is 3.07. The van der Waals surface area contributed by atoms with Crippen molar-refractivity contribution in [3.8, 4) is 0 Å². The minimum Gasteiger partial charge on any atom is -0.394 e. The van der Waals surface area contributed by atoms with Crippen molar-refractivity contribution in [1.29, 1.82) is 0 Å². The molecule has 10 nitrogen and oxygen atoms in total. The van der Waals surface area contributed by atoms with Gasteiger partial charge in [-0.05, 0) is 0 Å². The van der Waals surface area contributed by atoms with Crippen molar-refractivity contribution in [3.05, 3.63) is 16.7 Å². The highest BCUT2D eigenvalue weighted by Crippen LogP contribution is 2.30. The molecule has 2 aromatic rings. The first-order chi connectivity index (χ1) is 9.13. The zero-order valence-corrected chi connectivity index (χ0v) is 9.54. The molecular formula is C9H11N5O5. The Hall–Kier alpha value is -1.88. The first kappa shape index (κ1) is 12.2. The number of aromatic nitrogens is 5. The molecule has 10 heteroatoms. The molecular weight excluding hydrogens is 258 g/mol. The summed E-state index contributed by atoms with van der Waals surface area (Å²) in [5.41, 5.74) is -0.346. The van der Waals surface area contributed by atoms with Gasteiger partial charge < -0.3 is 20.1 Å². The van der Waals surface area contributed by atoms with Crippen molar-refractivity contribution in [2.45, 2.75) is 24.5 Å². The lowest BCUT2D eigenvalue weighted by atomic mass is 10.1. The van der Waals surface area contributed by atoms with Crippen molar-refractivity contribution in [2.75, 3.05) is 6.61 Å². The summed E-state index contributed by atoms with van der Waals surface area (Å²) in [6.45, 7) is -0.437. The van der Waals surface area contributed by atoms with E-state index in [0.29, 0.717) is 0 Å². The van der Waals surface area contributed by atoms with Crippen LogP contribution in [-0.2, 0) is 4.74 Å². The highest BCUT2D eigenvalue weighted by molar-refractivity contribution is 5.68. The Morgan fingerprint density at radius 3 is 2.89 bits per heavy atom. The number of ether oxygens (including phenoxy) is 1. The zero-order chi connectivity index (χ0) is 13.6. The molecule has 0 aliphatic carbocycles. The Kier molecular flexibility index (Phi) is 2.78. The van der Waals surface area contributed by atoms with Gasteiger partial charge in [0.25, 0.3) is 5.56 Å². The molecule has 0 radical (unpaired) electrons. The lowest BCUT2D eigenvalue weighted by molar-refractivity contribution is -0.0511. The molecule has 1 fully saturated rings. The Morgan fingerprint density at radius 2 is 2.21 bits per heavy atom. The fourth-order valence-corrected chi connectivity index (χ4v) is 2.08. The standard InChI is InChI=1S/C9H11N5O5/c15-1-3-5(16)6(17)9(19-3)14-2-10-4-7(14)11-13-12-8(4)18/h2-3,5-6,9,15-17H,1H2,(H,11,12,18)/t3-,5+,6+,9+/m0/s1. The van der Waals surface area contributed by atoms with Crippen LogP contribution in [0.1, 0.15) is 6.23 Å². The number of H-pyrrole nitrogens is 1. The highest BCUT2D eigenvalue weighted by Gasteiger charge is 2.44. The molecule has 3 heterocycles. The fourth-order valence-electron chi connectivity index (χ4n) is 2.08. The first-order valence-electron chi connectivity index (χ1n) is 5.54. The maximum Gasteiger partial charge on any atom is 0.295 e. The van der Waals surface area contributed by atoms with Gasteiger partial charge >= 0.3 is 0 Å². The van der Waals surface area contributed by atoms with Crippen molar-refractivity contribution in [3.63, 3.8) is 0 Å². The molecule has 0 unspecified atom stereocenters. The number of aliphatic hydroxyl groups excluding tert-OH is 3. The molecule has 2 aromatic heterocycles. The maximum absolute atomic E-state index is 11.4. The van der Waals surface area contributed by atoms with Crippen LogP contribution in [0.5, 0.6) is 0 Å². The molecule has 0 aromatic carbocycles. The predicted octanol–water partition coefficient (Wildman–Crippen LogP) is -2.87. The first-order valence-corrected chi connectivity index (χ1v) is 5.54. The van der Waals surface area contributed by atoms with Gasteiger partial charge in [0, 0.05) is 0 Å². The van der Waals surface area contributed by atoms with Crippen LogP contribution in [0.4, 0.5) is 0 Å². The number of imidazole rings is 1. The van der Waals surface area contributed by atoms with Gasteiger partial charge in [-0.3, -0.25) is 9.36 Å². The van der Waals surface area contributed by atoms with E-state index in [1.165, 1.54) is 10.9 Å². The average molecular weight is 269 g/mol. The summed E-state index contributed by atoms with van der Waals surface area (Å²) >= 11 is 0. The molecule has 4 N–H and O–H groups in total. The third kappa shape index (κ3) is 1.73. The van der Waals surface area contributed by atoms with Gasteiger partial charge in [-0.1, -0.05) is 5.21 Å². The van der Waals surface area contributed by atoms with Crippen LogP contribution in [0.15, 0.2) is 11.1 Å². The van der Waals surface area contributed by atoms with Crippen molar-refractivity contribution in [1.82, 2.24) is 25.0 Å². The fraction of sp³-hybridized carbons (Fsp3) is 0.556. The average Bonchev–Trinajstić information content (AvgIpc) is 2.94. The van der Waals surface area contributed by atoms with E-state index in [-0.39, 0.29) is 11.2 Å². The van der Waals surface area contributed by atoms with Crippen LogP contribution >= 0.6 is 0 Å². The number of rotatable bonds is 2. The smallest absolute Gasteiger partial charge is 0.295 e. The molecule has 0 amide bonds. The van der Waals surface area contributed by atoms with E-state index in [2.05, 4.69) is 20.4 Å². The quantitative estimate of drug-likeness (QED) is 0.455. The zero-order valence-electron chi connectivity index (χ0n) is 9.54. The normalized spacial score (nSPS) is 31.1. The number of hydrogen-bond donors (Lipinski definition) is 4. The number of aliphatic hydroxyl groups is 3. The van der Waals surface area contributed by atoms with Gasteiger partial charge in [-0.2, -0.15) is 0 Å². The molecule has 0 spiro atoms. The minimum atomic E-state index is -1.27. The largest absolute Gasteiger partial charge is 0.394 e. The van der Waals surface area contributed by atoms with Crippen LogP contribution in [0.2, 0.25) is 0 Å². The lowest BCUT2D eigenvalue weighted by Gasteiger charge is -2.15. The van der Waals surface area contributed by atoms with E-state index in [4.69, 9.17) is 9.84 Å². The van der Waals surface area contributed by atoms with Crippen molar-refractivity contribution in [2.24, 2.45) is 0 Å². The van der Waals surface area contributed by atoms with Crippen LogP contribution in [-0.4, -0.2) is 65.2 Å². The van der Waals surface area contributed by atoms with E-state index in [0.717, 1.165) is 0 Å². The summed E-state index contributed by atoms with van der Waals surface area (Å²) in [4.78, 5) is 15.3. The Balaban J connectivity index is 2.06. The summed E-state index contributed by atoms with van der Waals surface area (Å²) in [6.07, 6.45) is -3.15. The van der Waals surface area contributed by atoms with Gasteiger partial charge in [-0.25, -0.2) is 10.1 Å². The number of nitrogens with one attached hydrogen (secondary N) is 1. The van der Waals surface area contributed by atoms with Gasteiger partial charge in [0.15, 0.2) is 17.4 Å². The molecule has 1 aliphatic rings. The van der Waals surface area contributed by atoms with E-state index in [1.54, 1.807) is 0 Å². The number of fused-ring (bicyclic) bond motifs is 1. The molecule has 1 aliphatic heterocycles. The van der Waals surface area contributed by atoms with Crippen LogP contribution in [0.3, 0.4) is 0 Å². The molecule has 102 valence electrons. The predicted molar refractivity (Wildman–Crippen MR) is 59.0 cm³/mol. The Bertz CT molecular complexity index is 654. The van der Waals surface area contributed by atoms with E-state index in [1.807, 2.05) is 0 Å². The molecule has 0 bridgehead atoms. The summed E-state index contributed by atoms with van der Waals surface area (Å²) in [5.74, 6) is 0. The molecule has 4 atom stereocenters. The van der Waals surface area contributed by atoms with Gasteiger partial charge in [0.05, 0.1) is 12.9 Å². The van der Waals surface area contributed by atoms with E-state index >= 15 is 0 Å². The second-order valence-electron chi connectivity index (χ2n) is 4.19. The highest BCUT2D eigenvalue weighted by atomic mass is 16.6. The third-order valence-electron chi connectivity index (χ3n) is 3.07. The van der Waals surface area contributed by atoms with Crippen LogP contribution in [0.25, 0.3) is 11.2 Å². The van der Waals surface area contributed by atoms with Crippen molar-refractivity contribution >= 4 is 11.2 Å². The Labute approximate surface area is 105 Å². The molecule has 3 rings (SSSR count). The van der Waals surface area contributed by atoms with Gasteiger partial charge in [0.2, 0.25) is 0 Å². The molecule has 19 heavy (non-hydrogen) atoms. The van der Waals surface area contributed by atoms with Crippen molar-refractivity contribution < 1.29 is 20.1 Å². The van der Waals surface area contributed by atoms with Crippen LogP contribution in [0, 0.1) is 0 Å².